The second-order valence-corrected chi connectivity index (χ2v) is 4.85. The minimum absolute atomic E-state index is 0. The number of aliphatic carboxylic acids is 1. The molecule has 0 bridgehead atoms. The molecule has 1 spiro atoms. The predicted octanol–water partition coefficient (Wildman–Crippen LogP) is 1.41. The van der Waals surface area contributed by atoms with Crippen molar-refractivity contribution < 1.29 is 14.6 Å². The molecule has 2 aliphatic rings. The zero-order valence-corrected chi connectivity index (χ0v) is 10.7. The molecule has 2 aliphatic heterocycles. The number of carboxylic acid groups (broad SMARTS) is 1. The summed E-state index contributed by atoms with van der Waals surface area (Å²) in [5.41, 5.74) is -0.0624. The highest BCUT2D eigenvalue weighted by molar-refractivity contribution is 5.85. The van der Waals surface area contributed by atoms with Gasteiger partial charge in [-0.1, -0.05) is 6.08 Å². The van der Waals surface area contributed by atoms with E-state index in [9.17, 15) is 9.90 Å². The highest BCUT2D eigenvalue weighted by Crippen LogP contribution is 2.44. The van der Waals surface area contributed by atoms with Crippen molar-refractivity contribution in [3.63, 3.8) is 0 Å². The maximum atomic E-state index is 11.3. The van der Waals surface area contributed by atoms with Crippen molar-refractivity contribution in [2.24, 2.45) is 11.3 Å². The lowest BCUT2D eigenvalue weighted by molar-refractivity contribution is -0.146. The summed E-state index contributed by atoms with van der Waals surface area (Å²) in [7, 11) is 0. The van der Waals surface area contributed by atoms with E-state index in [-0.39, 0.29) is 23.7 Å². The number of hydrogen-bond acceptors (Lipinski definition) is 3. The van der Waals surface area contributed by atoms with Crippen molar-refractivity contribution in [2.75, 3.05) is 32.8 Å². The number of nitrogens with zero attached hydrogens (tertiary/aromatic N) is 1. The van der Waals surface area contributed by atoms with Crippen molar-refractivity contribution in [3.05, 3.63) is 12.7 Å². The highest BCUT2D eigenvalue weighted by Gasteiger charge is 2.50. The summed E-state index contributed by atoms with van der Waals surface area (Å²) in [6.07, 6.45) is 3.59. The van der Waals surface area contributed by atoms with Gasteiger partial charge in [-0.3, -0.25) is 9.69 Å². The Labute approximate surface area is 108 Å². The molecule has 0 aromatic carbocycles. The Morgan fingerprint density at radius 2 is 2.18 bits per heavy atom. The fraction of sp³-hybridized carbons (Fsp3) is 0.750. The van der Waals surface area contributed by atoms with E-state index in [1.807, 2.05) is 6.08 Å². The lowest BCUT2D eigenvalue weighted by atomic mass is 9.72. The molecule has 2 rings (SSSR count). The fourth-order valence-corrected chi connectivity index (χ4v) is 3.02. The maximum Gasteiger partial charge on any atom is 0.308 e. The van der Waals surface area contributed by atoms with Crippen LogP contribution in [0.4, 0.5) is 0 Å². The van der Waals surface area contributed by atoms with Gasteiger partial charge in [0.2, 0.25) is 0 Å². The van der Waals surface area contributed by atoms with Crippen LogP contribution in [0, 0.1) is 11.3 Å². The topological polar surface area (TPSA) is 49.8 Å². The van der Waals surface area contributed by atoms with Gasteiger partial charge < -0.3 is 9.84 Å². The lowest BCUT2D eigenvalue weighted by Gasteiger charge is -2.36. The average Bonchev–Trinajstić information content (AvgIpc) is 2.59. The first kappa shape index (κ1) is 14.5. The first-order valence-corrected chi connectivity index (χ1v) is 5.82. The molecule has 17 heavy (non-hydrogen) atoms. The molecular weight excluding hydrogens is 242 g/mol. The zero-order valence-electron chi connectivity index (χ0n) is 9.93. The third kappa shape index (κ3) is 2.81. The van der Waals surface area contributed by atoms with Crippen LogP contribution in [0.25, 0.3) is 0 Å². The number of hydrogen-bond donors (Lipinski definition) is 1. The Balaban J connectivity index is 0.00000144. The third-order valence-corrected chi connectivity index (χ3v) is 3.89. The van der Waals surface area contributed by atoms with Crippen molar-refractivity contribution in [2.45, 2.75) is 12.8 Å². The third-order valence-electron chi connectivity index (χ3n) is 3.89. The van der Waals surface area contributed by atoms with E-state index in [1.54, 1.807) is 0 Å². The minimum Gasteiger partial charge on any atom is -0.481 e. The Morgan fingerprint density at radius 1 is 1.53 bits per heavy atom. The van der Waals surface area contributed by atoms with E-state index in [4.69, 9.17) is 4.74 Å². The molecule has 0 saturated carbocycles. The normalized spacial score (nSPS) is 27.6. The Bertz CT molecular complexity index is 289. The second kappa shape index (κ2) is 5.85. The second-order valence-electron chi connectivity index (χ2n) is 4.85. The van der Waals surface area contributed by atoms with Crippen molar-refractivity contribution >= 4 is 18.4 Å². The molecule has 0 aromatic rings. The molecule has 1 atom stereocenters. The van der Waals surface area contributed by atoms with Crippen LogP contribution in [0.1, 0.15) is 12.8 Å². The monoisotopic (exact) mass is 261 g/mol. The van der Waals surface area contributed by atoms with E-state index in [0.29, 0.717) is 19.8 Å². The molecule has 1 N–H and O–H groups in total. The van der Waals surface area contributed by atoms with Crippen molar-refractivity contribution in [1.29, 1.82) is 0 Å². The quantitative estimate of drug-likeness (QED) is 0.781. The predicted molar refractivity (Wildman–Crippen MR) is 67.5 cm³/mol. The number of rotatable bonds is 3. The maximum absolute atomic E-state index is 11.3. The van der Waals surface area contributed by atoms with Crippen molar-refractivity contribution in [3.8, 4) is 0 Å². The van der Waals surface area contributed by atoms with Crippen LogP contribution in [0.3, 0.4) is 0 Å². The molecule has 0 aliphatic carbocycles. The van der Waals surface area contributed by atoms with Gasteiger partial charge in [0.1, 0.15) is 0 Å². The molecule has 0 aromatic heterocycles. The zero-order chi connectivity index (χ0) is 11.6. The molecule has 98 valence electrons. The Kier molecular flexibility index (Phi) is 4.98. The van der Waals surface area contributed by atoms with E-state index in [1.165, 1.54) is 0 Å². The molecule has 0 amide bonds. The van der Waals surface area contributed by atoms with Crippen LogP contribution in [0.15, 0.2) is 12.7 Å². The van der Waals surface area contributed by atoms with E-state index in [2.05, 4.69) is 11.5 Å². The molecular formula is C12H20ClNO3. The minimum atomic E-state index is -0.659. The van der Waals surface area contributed by atoms with Gasteiger partial charge in [-0.25, -0.2) is 0 Å². The molecule has 2 saturated heterocycles. The Hall–Kier alpha value is -0.580. The van der Waals surface area contributed by atoms with Crippen LogP contribution in [-0.4, -0.2) is 48.8 Å². The van der Waals surface area contributed by atoms with Gasteiger partial charge in [0, 0.05) is 38.3 Å². The molecule has 2 heterocycles. The average molecular weight is 262 g/mol. The van der Waals surface area contributed by atoms with E-state index < -0.39 is 5.97 Å². The summed E-state index contributed by atoms with van der Waals surface area (Å²) in [5, 5.41) is 9.32. The summed E-state index contributed by atoms with van der Waals surface area (Å²) in [6.45, 7) is 7.43. The van der Waals surface area contributed by atoms with Gasteiger partial charge in [-0.05, 0) is 12.8 Å². The number of halogens is 1. The van der Waals surface area contributed by atoms with Crippen molar-refractivity contribution in [1.82, 2.24) is 4.90 Å². The largest absolute Gasteiger partial charge is 0.481 e. The van der Waals surface area contributed by atoms with Gasteiger partial charge in [0.15, 0.2) is 0 Å². The SMILES string of the molecule is C=CCN1CC(C(=O)O)C2(CCOCC2)C1.Cl. The number of ether oxygens (including phenoxy) is 1. The smallest absolute Gasteiger partial charge is 0.308 e. The first-order valence-electron chi connectivity index (χ1n) is 5.82. The summed E-state index contributed by atoms with van der Waals surface area (Å²) in [5.74, 6) is -0.898. The number of carboxylic acids is 1. The number of likely N-dealkylation sites (tertiary alicyclic amines) is 1. The molecule has 2 fully saturated rings. The summed E-state index contributed by atoms with van der Waals surface area (Å²) >= 11 is 0. The highest BCUT2D eigenvalue weighted by atomic mass is 35.5. The molecule has 0 radical (unpaired) electrons. The van der Waals surface area contributed by atoms with Gasteiger partial charge in [-0.15, -0.1) is 19.0 Å². The number of carbonyl (C=O) groups is 1. The van der Waals surface area contributed by atoms with E-state index in [0.717, 1.165) is 25.9 Å². The lowest BCUT2D eigenvalue weighted by Crippen LogP contribution is -2.40. The summed E-state index contributed by atoms with van der Waals surface area (Å²) in [6, 6.07) is 0. The van der Waals surface area contributed by atoms with Gasteiger partial charge in [0.05, 0.1) is 5.92 Å². The standard InChI is InChI=1S/C12H19NO3.ClH/c1-2-5-13-8-10(11(14)15)12(9-13)3-6-16-7-4-12;/h2,10H,1,3-9H2,(H,14,15);1H. The van der Waals surface area contributed by atoms with E-state index >= 15 is 0 Å². The van der Waals surface area contributed by atoms with Crippen LogP contribution in [-0.2, 0) is 9.53 Å². The fourth-order valence-electron chi connectivity index (χ4n) is 3.02. The first-order chi connectivity index (χ1) is 7.68. The van der Waals surface area contributed by atoms with Crippen LogP contribution >= 0.6 is 12.4 Å². The van der Waals surface area contributed by atoms with Gasteiger partial charge in [0.25, 0.3) is 0 Å². The van der Waals surface area contributed by atoms with Gasteiger partial charge in [-0.2, -0.15) is 0 Å². The summed E-state index contributed by atoms with van der Waals surface area (Å²) in [4.78, 5) is 13.5. The molecule has 4 nitrogen and oxygen atoms in total. The van der Waals surface area contributed by atoms with Crippen LogP contribution < -0.4 is 0 Å². The molecule has 5 heteroatoms. The molecule has 1 unspecified atom stereocenters. The summed E-state index contributed by atoms with van der Waals surface area (Å²) < 4.78 is 5.35. The van der Waals surface area contributed by atoms with Gasteiger partial charge >= 0.3 is 5.97 Å². The van der Waals surface area contributed by atoms with Crippen LogP contribution in [0.2, 0.25) is 0 Å². The van der Waals surface area contributed by atoms with Crippen LogP contribution in [0.5, 0.6) is 0 Å². The Morgan fingerprint density at radius 3 is 2.71 bits per heavy atom.